The molecule has 28 heavy (non-hydrogen) atoms. The number of hydrogen-bond donors (Lipinski definition) is 1. The van der Waals surface area contributed by atoms with E-state index in [2.05, 4.69) is 5.32 Å². The third-order valence-corrected chi connectivity index (χ3v) is 3.99. The number of ether oxygens (including phenoxy) is 1. The Kier molecular flexibility index (Phi) is 7.09. The van der Waals surface area contributed by atoms with Crippen LogP contribution in [-0.4, -0.2) is 23.3 Å². The van der Waals surface area contributed by atoms with Gasteiger partial charge in [-0.2, -0.15) is 13.2 Å². The smallest absolute Gasteiger partial charge is 0.416 e. The molecule has 0 bridgehead atoms. The number of amides is 1. The predicted molar refractivity (Wildman–Crippen MR) is 97.1 cm³/mol. The summed E-state index contributed by atoms with van der Waals surface area (Å²) in [4.78, 5) is 22.3. The largest absolute Gasteiger partial charge is 0.456 e. The highest BCUT2D eigenvalue weighted by molar-refractivity contribution is 6.32. The number of nitro groups is 1. The van der Waals surface area contributed by atoms with E-state index in [0.717, 1.165) is 18.2 Å². The summed E-state index contributed by atoms with van der Waals surface area (Å²) in [6.07, 6.45) is -4.86. The van der Waals surface area contributed by atoms with E-state index in [9.17, 15) is 28.1 Å². The second-order valence-electron chi connectivity index (χ2n) is 5.51. The van der Waals surface area contributed by atoms with Crippen LogP contribution in [-0.2, 0) is 17.4 Å². The van der Waals surface area contributed by atoms with Crippen molar-refractivity contribution in [2.24, 2.45) is 0 Å². The number of carbonyl (C=O) groups is 1. The van der Waals surface area contributed by atoms with Gasteiger partial charge >= 0.3 is 6.18 Å². The average molecular weight is 437 g/mol. The van der Waals surface area contributed by atoms with Crippen molar-refractivity contribution >= 4 is 34.8 Å². The molecule has 0 spiro atoms. The maximum Gasteiger partial charge on any atom is 0.416 e. The molecule has 1 N–H and O–H groups in total. The summed E-state index contributed by atoms with van der Waals surface area (Å²) in [5.74, 6) is -0.287. The Hall–Kier alpha value is -2.52. The first-order valence-corrected chi connectivity index (χ1v) is 8.67. The number of rotatable bonds is 7. The van der Waals surface area contributed by atoms with Gasteiger partial charge in [0.05, 0.1) is 21.9 Å². The lowest BCUT2D eigenvalue weighted by Gasteiger charge is -2.12. The van der Waals surface area contributed by atoms with Gasteiger partial charge in [-0.3, -0.25) is 14.9 Å². The lowest BCUT2D eigenvalue weighted by atomic mass is 10.1. The van der Waals surface area contributed by atoms with Crippen LogP contribution >= 0.6 is 23.2 Å². The summed E-state index contributed by atoms with van der Waals surface area (Å²) in [5, 5.41) is 13.4. The number of halogens is 5. The number of carbonyl (C=O) groups excluding carboxylic acids is 1. The van der Waals surface area contributed by atoms with Crippen molar-refractivity contribution in [3.63, 3.8) is 0 Å². The van der Waals surface area contributed by atoms with Gasteiger partial charge in [0.15, 0.2) is 0 Å². The van der Waals surface area contributed by atoms with Crippen molar-refractivity contribution in [2.75, 3.05) is 12.4 Å². The summed E-state index contributed by atoms with van der Waals surface area (Å²) >= 11 is 11.3. The molecule has 0 radical (unpaired) electrons. The summed E-state index contributed by atoms with van der Waals surface area (Å²) in [6.45, 7) is 0.200. The highest BCUT2D eigenvalue weighted by atomic mass is 35.5. The van der Waals surface area contributed by atoms with Gasteiger partial charge in [-0.15, -0.1) is 11.6 Å². The Bertz CT molecular complexity index is 891. The van der Waals surface area contributed by atoms with E-state index in [4.69, 9.17) is 27.9 Å². The predicted octanol–water partition coefficient (Wildman–Crippen LogP) is 4.96. The fraction of sp³-hybridized carbons (Fsp3) is 0.235. The maximum atomic E-state index is 12.7. The molecule has 0 saturated carbocycles. The van der Waals surface area contributed by atoms with Crippen LogP contribution in [0, 0.1) is 10.1 Å². The number of benzene rings is 2. The molecule has 1 amide bonds. The van der Waals surface area contributed by atoms with Gasteiger partial charge in [0, 0.05) is 24.1 Å². The van der Waals surface area contributed by atoms with E-state index >= 15 is 0 Å². The molecule has 0 fully saturated rings. The Morgan fingerprint density at radius 3 is 2.50 bits per heavy atom. The molecule has 0 saturated heterocycles. The molecule has 2 aromatic rings. The second-order valence-corrected chi connectivity index (χ2v) is 6.29. The summed E-state index contributed by atoms with van der Waals surface area (Å²) in [7, 11) is 0. The van der Waals surface area contributed by atoms with Crippen molar-refractivity contribution in [3.05, 3.63) is 62.7 Å². The van der Waals surface area contributed by atoms with Crippen LogP contribution in [0.25, 0.3) is 0 Å². The van der Waals surface area contributed by atoms with Crippen LogP contribution < -0.4 is 10.1 Å². The second kappa shape index (κ2) is 9.11. The van der Waals surface area contributed by atoms with E-state index in [1.165, 1.54) is 12.1 Å². The van der Waals surface area contributed by atoms with E-state index < -0.39 is 22.6 Å². The Morgan fingerprint density at radius 2 is 1.93 bits per heavy atom. The third-order valence-electron chi connectivity index (χ3n) is 3.50. The van der Waals surface area contributed by atoms with Crippen molar-refractivity contribution in [2.45, 2.75) is 12.6 Å². The van der Waals surface area contributed by atoms with E-state index in [1.807, 2.05) is 0 Å². The highest BCUT2D eigenvalue weighted by Gasteiger charge is 2.31. The quantitative estimate of drug-likeness (QED) is 0.377. The Labute approximate surface area is 167 Å². The third kappa shape index (κ3) is 5.74. The SMILES string of the molecule is O=C(Cc1cc(Oc2ccc(C(F)(F)F)cc2Cl)ccc1[N+](=O)[O-])NCCCl. The van der Waals surface area contributed by atoms with Gasteiger partial charge in [-0.05, 0) is 30.3 Å². The van der Waals surface area contributed by atoms with Crippen LogP contribution in [0.4, 0.5) is 18.9 Å². The van der Waals surface area contributed by atoms with Crippen molar-refractivity contribution < 1.29 is 27.6 Å². The molecular formula is C17H13Cl2F3N2O4. The summed E-state index contributed by atoms with van der Waals surface area (Å²) < 4.78 is 43.5. The minimum Gasteiger partial charge on any atom is -0.456 e. The normalized spacial score (nSPS) is 11.2. The molecule has 0 aliphatic rings. The molecule has 2 aromatic carbocycles. The molecule has 0 heterocycles. The van der Waals surface area contributed by atoms with Crippen molar-refractivity contribution in [1.29, 1.82) is 0 Å². The van der Waals surface area contributed by atoms with Gasteiger partial charge < -0.3 is 10.1 Å². The van der Waals surface area contributed by atoms with Gasteiger partial charge in [-0.1, -0.05) is 11.6 Å². The summed E-state index contributed by atoms with van der Waals surface area (Å²) in [6, 6.07) is 6.20. The fourth-order valence-corrected chi connectivity index (χ4v) is 2.57. The van der Waals surface area contributed by atoms with E-state index in [1.54, 1.807) is 0 Å². The van der Waals surface area contributed by atoms with Crippen molar-refractivity contribution in [3.8, 4) is 11.5 Å². The molecule has 0 atom stereocenters. The molecule has 0 aliphatic heterocycles. The molecular weight excluding hydrogens is 424 g/mol. The highest BCUT2D eigenvalue weighted by Crippen LogP contribution is 2.37. The number of alkyl halides is 4. The molecule has 0 aromatic heterocycles. The van der Waals surface area contributed by atoms with Crippen LogP contribution in [0.2, 0.25) is 5.02 Å². The Balaban J connectivity index is 2.28. The maximum absolute atomic E-state index is 12.7. The first kappa shape index (κ1) is 21.8. The van der Waals surface area contributed by atoms with E-state index in [0.29, 0.717) is 6.07 Å². The summed E-state index contributed by atoms with van der Waals surface area (Å²) in [5.41, 5.74) is -1.17. The zero-order valence-electron chi connectivity index (χ0n) is 14.1. The number of nitro benzene ring substituents is 1. The lowest BCUT2D eigenvalue weighted by molar-refractivity contribution is -0.385. The van der Waals surface area contributed by atoms with Gasteiger partial charge in [0.1, 0.15) is 11.5 Å². The lowest BCUT2D eigenvalue weighted by Crippen LogP contribution is -2.27. The number of nitrogens with zero attached hydrogens (tertiary/aromatic N) is 1. The molecule has 0 aliphatic carbocycles. The van der Waals surface area contributed by atoms with Gasteiger partial charge in [0.25, 0.3) is 5.69 Å². The van der Waals surface area contributed by atoms with Crippen LogP contribution in [0.3, 0.4) is 0 Å². The topological polar surface area (TPSA) is 81.5 Å². The fourth-order valence-electron chi connectivity index (χ4n) is 2.25. The monoisotopic (exact) mass is 436 g/mol. The minimum absolute atomic E-state index is 0.0672. The van der Waals surface area contributed by atoms with Crippen molar-refractivity contribution in [1.82, 2.24) is 5.32 Å². The minimum atomic E-state index is -4.56. The number of nitrogens with one attached hydrogen (secondary N) is 1. The first-order chi connectivity index (χ1) is 13.1. The molecule has 0 unspecified atom stereocenters. The number of hydrogen-bond acceptors (Lipinski definition) is 4. The zero-order valence-corrected chi connectivity index (χ0v) is 15.6. The standard InChI is InChI=1S/C17H13Cl2F3N2O4/c18-5-6-23-16(25)8-10-7-12(2-3-14(10)24(26)27)28-15-4-1-11(9-13(15)19)17(20,21)22/h1-4,7,9H,5-6,8H2,(H,23,25). The van der Waals surface area contributed by atoms with Gasteiger partial charge in [-0.25, -0.2) is 0 Å². The molecule has 150 valence electrons. The first-order valence-electron chi connectivity index (χ1n) is 7.76. The van der Waals surface area contributed by atoms with Crippen LogP contribution in [0.5, 0.6) is 11.5 Å². The zero-order chi connectivity index (χ0) is 20.9. The molecule has 6 nitrogen and oxygen atoms in total. The van der Waals surface area contributed by atoms with Gasteiger partial charge in [0.2, 0.25) is 5.91 Å². The molecule has 2 rings (SSSR count). The van der Waals surface area contributed by atoms with E-state index in [-0.39, 0.29) is 46.6 Å². The van der Waals surface area contributed by atoms with Crippen LogP contribution in [0.1, 0.15) is 11.1 Å². The molecule has 11 heteroatoms. The average Bonchev–Trinajstić information content (AvgIpc) is 2.60. The van der Waals surface area contributed by atoms with Crippen LogP contribution in [0.15, 0.2) is 36.4 Å². The Morgan fingerprint density at radius 1 is 1.21 bits per heavy atom.